The van der Waals surface area contributed by atoms with Crippen LogP contribution < -0.4 is 20.4 Å². The Kier molecular flexibility index (Phi) is 5.51. The van der Waals surface area contributed by atoms with Gasteiger partial charge in [0.05, 0.1) is 23.8 Å². The van der Waals surface area contributed by atoms with Crippen molar-refractivity contribution in [2.24, 2.45) is 0 Å². The highest BCUT2D eigenvalue weighted by Crippen LogP contribution is 2.52. The molecule has 6 heterocycles. The van der Waals surface area contributed by atoms with E-state index in [-0.39, 0.29) is 23.8 Å². The van der Waals surface area contributed by atoms with Crippen LogP contribution in [0.2, 0.25) is 0 Å². The topological polar surface area (TPSA) is 102 Å². The Morgan fingerprint density at radius 1 is 1.08 bits per heavy atom. The second kappa shape index (κ2) is 8.80. The van der Waals surface area contributed by atoms with Crippen LogP contribution in [0.5, 0.6) is 0 Å². The third kappa shape index (κ3) is 4.01. The van der Waals surface area contributed by atoms with Gasteiger partial charge < -0.3 is 25.2 Å². The van der Waals surface area contributed by atoms with Gasteiger partial charge in [0.1, 0.15) is 17.7 Å². The van der Waals surface area contributed by atoms with Crippen molar-refractivity contribution >= 4 is 29.2 Å². The molecule has 1 amide bonds. The SMILES string of the molecule is CC(C)N1CCN(c2ccc(Nc3ncc4c(n3)N(C3CCCC3)C3(CC(=O)NC5OC53)C4)cn2)CC1. The monoisotopic (exact) mass is 504 g/mol. The van der Waals surface area contributed by atoms with E-state index in [2.05, 4.69) is 56.3 Å². The molecule has 1 spiro atoms. The Labute approximate surface area is 217 Å². The number of ether oxygens (including phenoxy) is 1. The summed E-state index contributed by atoms with van der Waals surface area (Å²) >= 11 is 0. The average Bonchev–Trinajstić information content (AvgIpc) is 3.36. The van der Waals surface area contributed by atoms with Gasteiger partial charge in [0.15, 0.2) is 6.23 Å². The lowest BCUT2D eigenvalue weighted by molar-refractivity contribution is -0.123. The van der Waals surface area contributed by atoms with Crippen LogP contribution in [-0.2, 0) is 16.0 Å². The summed E-state index contributed by atoms with van der Waals surface area (Å²) in [5.74, 6) is 2.60. The van der Waals surface area contributed by atoms with Crippen LogP contribution in [0, 0.1) is 0 Å². The van der Waals surface area contributed by atoms with Gasteiger partial charge in [-0.25, -0.2) is 9.97 Å². The van der Waals surface area contributed by atoms with Crippen molar-refractivity contribution in [3.05, 3.63) is 30.1 Å². The van der Waals surface area contributed by atoms with E-state index in [1.54, 1.807) is 0 Å². The molecule has 0 bridgehead atoms. The first-order valence-corrected chi connectivity index (χ1v) is 13.8. The Morgan fingerprint density at radius 3 is 2.62 bits per heavy atom. The fraction of sp³-hybridized carbons (Fsp3) is 0.630. The zero-order chi connectivity index (χ0) is 25.1. The van der Waals surface area contributed by atoms with Crippen LogP contribution in [0.3, 0.4) is 0 Å². The normalized spacial score (nSPS) is 29.5. The lowest BCUT2D eigenvalue weighted by atomic mass is 9.83. The molecule has 1 aliphatic carbocycles. The number of hydrogen-bond donors (Lipinski definition) is 2. The van der Waals surface area contributed by atoms with Gasteiger partial charge >= 0.3 is 0 Å². The molecule has 2 aromatic heterocycles. The highest BCUT2D eigenvalue weighted by molar-refractivity contribution is 5.82. The van der Waals surface area contributed by atoms with Crippen LogP contribution in [-0.4, -0.2) is 81.9 Å². The number of hydrogen-bond acceptors (Lipinski definition) is 9. The number of piperidine rings is 1. The number of aromatic nitrogens is 3. The number of carbonyl (C=O) groups excluding carboxylic acids is 1. The molecule has 3 atom stereocenters. The Morgan fingerprint density at radius 2 is 1.89 bits per heavy atom. The van der Waals surface area contributed by atoms with Crippen LogP contribution in [0.1, 0.15) is 51.5 Å². The van der Waals surface area contributed by atoms with Gasteiger partial charge in [-0.2, -0.15) is 4.98 Å². The summed E-state index contributed by atoms with van der Waals surface area (Å²) < 4.78 is 5.96. The number of nitrogens with zero attached hydrogens (tertiary/aromatic N) is 6. The van der Waals surface area contributed by atoms with Gasteiger partial charge in [-0.05, 0) is 38.8 Å². The second-order valence-electron chi connectivity index (χ2n) is 11.5. The van der Waals surface area contributed by atoms with Crippen molar-refractivity contribution in [3.8, 4) is 0 Å². The van der Waals surface area contributed by atoms with E-state index in [0.717, 1.165) is 68.3 Å². The van der Waals surface area contributed by atoms with Crippen molar-refractivity contribution in [2.45, 2.75) is 82.3 Å². The van der Waals surface area contributed by atoms with Gasteiger partial charge in [0.2, 0.25) is 11.9 Å². The van der Waals surface area contributed by atoms with Crippen molar-refractivity contribution < 1.29 is 9.53 Å². The van der Waals surface area contributed by atoms with Crippen LogP contribution in [0.4, 0.5) is 23.3 Å². The minimum Gasteiger partial charge on any atom is -0.354 e. The minimum absolute atomic E-state index is 0.0237. The lowest BCUT2D eigenvalue weighted by Gasteiger charge is -2.43. The van der Waals surface area contributed by atoms with E-state index in [1.165, 1.54) is 12.8 Å². The summed E-state index contributed by atoms with van der Waals surface area (Å²) in [5.41, 5.74) is 1.63. The van der Waals surface area contributed by atoms with Crippen molar-refractivity contribution in [1.29, 1.82) is 0 Å². The number of piperazine rings is 1. The van der Waals surface area contributed by atoms with Gasteiger partial charge in [0, 0.05) is 56.4 Å². The molecule has 5 aliphatic rings. The van der Waals surface area contributed by atoms with Crippen molar-refractivity contribution in [3.63, 3.8) is 0 Å². The predicted molar refractivity (Wildman–Crippen MR) is 141 cm³/mol. The zero-order valence-corrected chi connectivity index (χ0v) is 21.7. The maximum atomic E-state index is 12.6. The molecule has 0 radical (unpaired) electrons. The molecule has 37 heavy (non-hydrogen) atoms. The molecule has 0 aromatic carbocycles. The molecule has 7 rings (SSSR count). The summed E-state index contributed by atoms with van der Waals surface area (Å²) in [4.78, 5) is 34.3. The molecule has 4 aliphatic heterocycles. The van der Waals surface area contributed by atoms with Gasteiger partial charge in [-0.1, -0.05) is 12.8 Å². The maximum Gasteiger partial charge on any atom is 0.229 e. The predicted octanol–water partition coefficient (Wildman–Crippen LogP) is 2.43. The van der Waals surface area contributed by atoms with E-state index >= 15 is 0 Å². The minimum atomic E-state index is -0.347. The molecule has 1 saturated carbocycles. The quantitative estimate of drug-likeness (QED) is 0.595. The number of carbonyl (C=O) groups is 1. The summed E-state index contributed by atoms with van der Waals surface area (Å²) in [7, 11) is 0. The number of fused-ring (bicyclic) bond motifs is 3. The highest BCUT2D eigenvalue weighted by atomic mass is 16.6. The number of epoxide rings is 1. The fourth-order valence-corrected chi connectivity index (χ4v) is 6.96. The Hall–Kier alpha value is -2.98. The summed E-state index contributed by atoms with van der Waals surface area (Å²) in [6, 6.07) is 5.10. The first-order chi connectivity index (χ1) is 18.0. The van der Waals surface area contributed by atoms with E-state index in [1.807, 2.05) is 12.4 Å². The lowest BCUT2D eigenvalue weighted by Crippen LogP contribution is -2.61. The number of rotatable bonds is 5. The highest BCUT2D eigenvalue weighted by Gasteiger charge is 2.66. The van der Waals surface area contributed by atoms with E-state index in [9.17, 15) is 4.79 Å². The molecule has 196 valence electrons. The molecule has 2 aromatic rings. The molecule has 10 heteroatoms. The Bertz CT molecular complexity index is 1180. The number of anilines is 4. The number of amides is 1. The second-order valence-corrected chi connectivity index (χ2v) is 11.5. The Balaban J connectivity index is 1.10. The van der Waals surface area contributed by atoms with Crippen LogP contribution in [0.25, 0.3) is 0 Å². The fourth-order valence-electron chi connectivity index (χ4n) is 6.96. The standard InChI is InChI=1S/C27H36N8O2/c1-17(2)33-9-11-34(12-10-33)21-8-7-19(16-28-21)30-26-29-15-18-13-27(14-22(36)31-25-23(27)37-25)35(24(18)32-26)20-5-3-4-6-20/h7-8,15-17,20,23,25H,3-6,9-14H2,1-2H3,(H,31,36)(H,29,30,32). The van der Waals surface area contributed by atoms with Gasteiger partial charge in [0.25, 0.3) is 0 Å². The van der Waals surface area contributed by atoms with E-state index in [4.69, 9.17) is 14.7 Å². The van der Waals surface area contributed by atoms with Crippen LogP contribution in [0.15, 0.2) is 24.5 Å². The molecular formula is C27H36N8O2. The zero-order valence-electron chi connectivity index (χ0n) is 21.7. The summed E-state index contributed by atoms with van der Waals surface area (Å²) in [5, 5.41) is 6.34. The van der Waals surface area contributed by atoms with Crippen LogP contribution >= 0.6 is 0 Å². The summed E-state index contributed by atoms with van der Waals surface area (Å²) in [6.07, 6.45) is 9.55. The number of pyridine rings is 1. The molecular weight excluding hydrogens is 468 g/mol. The molecule has 3 unspecified atom stereocenters. The largest absolute Gasteiger partial charge is 0.354 e. The van der Waals surface area contributed by atoms with Crippen molar-refractivity contribution in [1.82, 2.24) is 25.2 Å². The third-order valence-corrected chi connectivity index (χ3v) is 8.90. The average molecular weight is 505 g/mol. The molecule has 3 saturated heterocycles. The molecule has 2 N–H and O–H groups in total. The first-order valence-electron chi connectivity index (χ1n) is 13.8. The van der Waals surface area contributed by atoms with Gasteiger partial charge in [-0.3, -0.25) is 9.69 Å². The van der Waals surface area contributed by atoms with Gasteiger partial charge in [-0.15, -0.1) is 0 Å². The summed E-state index contributed by atoms with van der Waals surface area (Å²) in [6.45, 7) is 8.63. The first kappa shape index (κ1) is 23.2. The molecule has 4 fully saturated rings. The third-order valence-electron chi connectivity index (χ3n) is 8.90. The van der Waals surface area contributed by atoms with E-state index < -0.39 is 0 Å². The van der Waals surface area contributed by atoms with E-state index in [0.29, 0.717) is 24.5 Å². The van der Waals surface area contributed by atoms with Crippen molar-refractivity contribution in [2.75, 3.05) is 41.3 Å². The number of nitrogens with one attached hydrogen (secondary N) is 2. The molecule has 10 nitrogen and oxygen atoms in total. The smallest absolute Gasteiger partial charge is 0.229 e. The maximum absolute atomic E-state index is 12.6.